The Morgan fingerprint density at radius 3 is 2.26 bits per heavy atom. The van der Waals surface area contributed by atoms with Crippen LogP contribution in [0.2, 0.25) is 0 Å². The molecule has 0 fully saturated rings. The molecular weight excluding hydrogens is 257 g/mol. The fraction of sp³-hybridized carbons (Fsp3) is 0.500. The molecule has 5 heteroatoms. The molecule has 0 unspecified atom stereocenters. The average Bonchev–Trinajstić information content (AvgIpc) is 2.35. The Kier molecular flexibility index (Phi) is 4.28. The van der Waals surface area contributed by atoms with Crippen molar-refractivity contribution in [1.29, 1.82) is 0 Å². The fourth-order valence-electron chi connectivity index (χ4n) is 1.66. The Labute approximate surface area is 110 Å². The minimum absolute atomic E-state index is 0.0574. The number of benzene rings is 1. The molecule has 0 aliphatic carbocycles. The molecule has 0 radical (unpaired) electrons. The fourth-order valence-corrected chi connectivity index (χ4v) is 1.66. The Balaban J connectivity index is 3.37. The number of alkyl halides is 3. The van der Waals surface area contributed by atoms with Crippen molar-refractivity contribution in [2.45, 2.75) is 38.8 Å². The number of Topliss-reactive ketones (excluding diaryl/α,β-unsaturated/α-hetero) is 1. The molecule has 0 bridgehead atoms. The van der Waals surface area contributed by atoms with E-state index in [-0.39, 0.29) is 11.2 Å². The van der Waals surface area contributed by atoms with E-state index in [0.717, 1.165) is 6.42 Å². The summed E-state index contributed by atoms with van der Waals surface area (Å²) in [6, 6.07) is 4.37. The van der Waals surface area contributed by atoms with Crippen LogP contribution in [0.1, 0.15) is 43.1 Å². The van der Waals surface area contributed by atoms with Crippen molar-refractivity contribution in [3.63, 3.8) is 0 Å². The van der Waals surface area contributed by atoms with Gasteiger partial charge in [-0.05, 0) is 29.5 Å². The highest BCUT2D eigenvalue weighted by molar-refractivity contribution is 6.02. The predicted molar refractivity (Wildman–Crippen MR) is 66.7 cm³/mol. The molecule has 0 amide bonds. The third-order valence-corrected chi connectivity index (χ3v) is 3.37. The van der Waals surface area contributed by atoms with Crippen LogP contribution in [0.25, 0.3) is 0 Å². The van der Waals surface area contributed by atoms with Gasteiger partial charge in [-0.3, -0.25) is 4.79 Å². The van der Waals surface area contributed by atoms with Crippen molar-refractivity contribution in [3.05, 3.63) is 29.3 Å². The van der Waals surface area contributed by atoms with E-state index < -0.39 is 17.5 Å². The first-order valence-corrected chi connectivity index (χ1v) is 5.93. The second kappa shape index (κ2) is 5.23. The maximum atomic E-state index is 12.6. The van der Waals surface area contributed by atoms with Crippen LogP contribution >= 0.6 is 0 Å². The van der Waals surface area contributed by atoms with Crippen LogP contribution in [0.15, 0.2) is 18.2 Å². The quantitative estimate of drug-likeness (QED) is 0.772. The van der Waals surface area contributed by atoms with Gasteiger partial charge in [0.15, 0.2) is 0 Å². The van der Waals surface area contributed by atoms with Gasteiger partial charge >= 0.3 is 6.18 Å². The Morgan fingerprint density at radius 2 is 1.84 bits per heavy atom. The van der Waals surface area contributed by atoms with Crippen molar-refractivity contribution in [3.8, 4) is 5.75 Å². The number of ketones is 1. The van der Waals surface area contributed by atoms with Gasteiger partial charge in [0.05, 0.1) is 12.7 Å². The van der Waals surface area contributed by atoms with Gasteiger partial charge in [0.25, 0.3) is 5.78 Å². The van der Waals surface area contributed by atoms with Gasteiger partial charge in [-0.25, -0.2) is 0 Å². The first kappa shape index (κ1) is 15.5. The van der Waals surface area contributed by atoms with Crippen LogP contribution < -0.4 is 4.74 Å². The lowest BCUT2D eigenvalue weighted by atomic mass is 9.81. The van der Waals surface area contributed by atoms with Crippen molar-refractivity contribution in [2.24, 2.45) is 0 Å². The summed E-state index contributed by atoms with van der Waals surface area (Å²) >= 11 is 0. The zero-order valence-electron chi connectivity index (χ0n) is 11.4. The molecule has 0 saturated carbocycles. The molecule has 0 atom stereocenters. The summed E-state index contributed by atoms with van der Waals surface area (Å²) in [5, 5.41) is 0. The number of ether oxygens (including phenoxy) is 1. The number of carbonyl (C=O) groups excluding carboxylic acids is 1. The van der Waals surface area contributed by atoms with Crippen molar-refractivity contribution >= 4 is 5.78 Å². The van der Waals surface area contributed by atoms with E-state index in [2.05, 4.69) is 0 Å². The summed E-state index contributed by atoms with van der Waals surface area (Å²) in [6.07, 6.45) is -4.15. The standard InChI is InChI=1S/C14H17F3O2/c1-5-13(2,3)9-6-7-11(19-4)10(8-9)12(18)14(15,16)17/h6-8H,5H2,1-4H3. The molecule has 2 nitrogen and oxygen atoms in total. The number of hydrogen-bond donors (Lipinski definition) is 0. The van der Waals surface area contributed by atoms with E-state index in [4.69, 9.17) is 4.74 Å². The SMILES string of the molecule is CCC(C)(C)c1ccc(OC)c(C(=O)C(F)(F)F)c1. The monoisotopic (exact) mass is 274 g/mol. The van der Waals surface area contributed by atoms with E-state index in [0.29, 0.717) is 5.56 Å². The zero-order valence-corrected chi connectivity index (χ0v) is 11.4. The topological polar surface area (TPSA) is 26.3 Å². The second-order valence-corrected chi connectivity index (χ2v) is 4.98. The minimum Gasteiger partial charge on any atom is -0.496 e. The summed E-state index contributed by atoms with van der Waals surface area (Å²) in [5.74, 6) is -1.93. The van der Waals surface area contributed by atoms with Crippen LogP contribution in [0.3, 0.4) is 0 Å². The van der Waals surface area contributed by atoms with E-state index in [1.54, 1.807) is 6.07 Å². The van der Waals surface area contributed by atoms with E-state index in [9.17, 15) is 18.0 Å². The maximum absolute atomic E-state index is 12.6. The summed E-state index contributed by atoms with van der Waals surface area (Å²) in [6.45, 7) is 5.77. The average molecular weight is 274 g/mol. The highest BCUT2D eigenvalue weighted by Crippen LogP contribution is 2.33. The Morgan fingerprint density at radius 1 is 1.26 bits per heavy atom. The first-order chi connectivity index (χ1) is 8.63. The van der Waals surface area contributed by atoms with Gasteiger partial charge in [-0.2, -0.15) is 13.2 Å². The lowest BCUT2D eigenvalue weighted by molar-refractivity contribution is -0.0886. The van der Waals surface area contributed by atoms with Gasteiger partial charge in [0.1, 0.15) is 5.75 Å². The second-order valence-electron chi connectivity index (χ2n) is 4.98. The highest BCUT2D eigenvalue weighted by atomic mass is 19.4. The molecule has 0 spiro atoms. The number of halogens is 3. The van der Waals surface area contributed by atoms with E-state index >= 15 is 0 Å². The highest BCUT2D eigenvalue weighted by Gasteiger charge is 2.41. The van der Waals surface area contributed by atoms with Crippen LogP contribution in [-0.4, -0.2) is 19.1 Å². The van der Waals surface area contributed by atoms with Gasteiger partial charge in [0.2, 0.25) is 0 Å². The third-order valence-electron chi connectivity index (χ3n) is 3.37. The largest absolute Gasteiger partial charge is 0.496 e. The lowest BCUT2D eigenvalue weighted by Crippen LogP contribution is -2.24. The smallest absolute Gasteiger partial charge is 0.455 e. The van der Waals surface area contributed by atoms with Crippen molar-refractivity contribution < 1.29 is 22.7 Å². The molecule has 0 N–H and O–H groups in total. The lowest BCUT2D eigenvalue weighted by Gasteiger charge is -2.24. The van der Waals surface area contributed by atoms with Crippen LogP contribution in [0.4, 0.5) is 13.2 Å². The maximum Gasteiger partial charge on any atom is 0.455 e. The predicted octanol–water partition coefficient (Wildman–Crippen LogP) is 4.13. The number of methoxy groups -OCH3 is 1. The molecule has 0 aliphatic rings. The van der Waals surface area contributed by atoms with Crippen LogP contribution in [0, 0.1) is 0 Å². The van der Waals surface area contributed by atoms with E-state index in [1.807, 2.05) is 20.8 Å². The number of rotatable bonds is 4. The van der Waals surface area contributed by atoms with E-state index in [1.165, 1.54) is 19.2 Å². The minimum atomic E-state index is -4.90. The van der Waals surface area contributed by atoms with Gasteiger partial charge < -0.3 is 4.74 Å². The normalized spacial score (nSPS) is 12.4. The molecular formula is C14H17F3O2. The summed E-state index contributed by atoms with van der Waals surface area (Å²) in [4.78, 5) is 11.4. The molecule has 0 aliphatic heterocycles. The summed E-state index contributed by atoms with van der Waals surface area (Å²) in [7, 11) is 1.24. The molecule has 106 valence electrons. The third kappa shape index (κ3) is 3.28. The molecule has 1 aromatic carbocycles. The molecule has 0 aromatic heterocycles. The zero-order chi connectivity index (χ0) is 14.8. The van der Waals surface area contributed by atoms with Gasteiger partial charge in [0, 0.05) is 0 Å². The number of carbonyl (C=O) groups is 1. The van der Waals surface area contributed by atoms with Crippen molar-refractivity contribution in [1.82, 2.24) is 0 Å². The molecule has 1 aromatic rings. The molecule has 1 rings (SSSR count). The first-order valence-electron chi connectivity index (χ1n) is 5.93. The molecule has 0 heterocycles. The van der Waals surface area contributed by atoms with Crippen molar-refractivity contribution in [2.75, 3.05) is 7.11 Å². The van der Waals surface area contributed by atoms with Crippen LogP contribution in [0.5, 0.6) is 5.75 Å². The Bertz CT molecular complexity index is 476. The molecule has 19 heavy (non-hydrogen) atoms. The molecule has 0 saturated heterocycles. The van der Waals surface area contributed by atoms with Gasteiger partial charge in [-0.1, -0.05) is 26.8 Å². The summed E-state index contributed by atoms with van der Waals surface area (Å²) < 4.78 is 42.5. The Hall–Kier alpha value is -1.52. The van der Waals surface area contributed by atoms with Gasteiger partial charge in [-0.15, -0.1) is 0 Å². The number of hydrogen-bond acceptors (Lipinski definition) is 2. The van der Waals surface area contributed by atoms with Crippen LogP contribution in [-0.2, 0) is 5.41 Å². The summed E-state index contributed by atoms with van der Waals surface area (Å²) in [5.41, 5.74) is -0.0511.